The number of alkyl halides is 3. The third-order valence-electron chi connectivity index (χ3n) is 4.09. The lowest BCUT2D eigenvalue weighted by Crippen LogP contribution is -2.44. The Hall–Kier alpha value is -2.51. The van der Waals surface area contributed by atoms with Gasteiger partial charge in [0.05, 0.1) is 29.4 Å². The second kappa shape index (κ2) is 5.85. The van der Waals surface area contributed by atoms with E-state index in [1.165, 1.54) is 23.1 Å². The van der Waals surface area contributed by atoms with Crippen molar-refractivity contribution in [2.24, 2.45) is 0 Å². The monoisotopic (exact) mass is 339 g/mol. The number of benzene rings is 1. The number of hydrogen-bond donors (Lipinski definition) is 2. The van der Waals surface area contributed by atoms with Crippen molar-refractivity contribution in [3.63, 3.8) is 0 Å². The summed E-state index contributed by atoms with van der Waals surface area (Å²) in [5.41, 5.74) is -0.427. The summed E-state index contributed by atoms with van der Waals surface area (Å²) >= 11 is 0. The summed E-state index contributed by atoms with van der Waals surface area (Å²) in [7, 11) is 0. The quantitative estimate of drug-likeness (QED) is 0.889. The molecule has 24 heavy (non-hydrogen) atoms. The van der Waals surface area contributed by atoms with E-state index >= 15 is 0 Å². The molecular formula is C16H16F3N3O2. The molecular weight excluding hydrogens is 323 g/mol. The Balaban J connectivity index is 2.07. The Morgan fingerprint density at radius 2 is 1.96 bits per heavy atom. The third kappa shape index (κ3) is 2.72. The van der Waals surface area contributed by atoms with E-state index in [4.69, 9.17) is 0 Å². The van der Waals surface area contributed by atoms with E-state index in [0.29, 0.717) is 12.2 Å². The van der Waals surface area contributed by atoms with Crippen molar-refractivity contribution in [2.75, 3.05) is 13.1 Å². The molecule has 3 amide bonds. The van der Waals surface area contributed by atoms with Crippen molar-refractivity contribution in [2.45, 2.75) is 25.6 Å². The molecule has 0 radical (unpaired) electrons. The summed E-state index contributed by atoms with van der Waals surface area (Å²) in [6.07, 6.45) is -3.85. The van der Waals surface area contributed by atoms with Crippen molar-refractivity contribution < 1.29 is 22.8 Å². The van der Waals surface area contributed by atoms with Crippen LogP contribution in [0.5, 0.6) is 0 Å². The maximum atomic E-state index is 13.3. The van der Waals surface area contributed by atoms with Gasteiger partial charge in [0.1, 0.15) is 0 Å². The highest BCUT2D eigenvalue weighted by atomic mass is 19.4. The molecule has 2 heterocycles. The maximum absolute atomic E-state index is 13.3. The van der Waals surface area contributed by atoms with Crippen LogP contribution < -0.4 is 10.6 Å². The van der Waals surface area contributed by atoms with Gasteiger partial charge in [0, 0.05) is 6.54 Å². The molecule has 128 valence electrons. The fourth-order valence-corrected chi connectivity index (χ4v) is 3.12. The molecule has 0 saturated carbocycles. The van der Waals surface area contributed by atoms with Gasteiger partial charge >= 0.3 is 12.2 Å². The molecule has 0 aliphatic carbocycles. The lowest BCUT2D eigenvalue weighted by Gasteiger charge is -2.27. The molecule has 0 unspecified atom stereocenters. The van der Waals surface area contributed by atoms with Crippen LogP contribution in [0.3, 0.4) is 0 Å². The number of carbonyl (C=O) groups is 2. The molecule has 2 N–H and O–H groups in total. The van der Waals surface area contributed by atoms with Gasteiger partial charge in [0.15, 0.2) is 0 Å². The predicted molar refractivity (Wildman–Crippen MR) is 79.7 cm³/mol. The molecule has 8 heteroatoms. The van der Waals surface area contributed by atoms with Crippen LogP contribution in [0.2, 0.25) is 0 Å². The van der Waals surface area contributed by atoms with E-state index < -0.39 is 23.8 Å². The van der Waals surface area contributed by atoms with Crippen LogP contribution in [0.15, 0.2) is 35.5 Å². The standard InChI is InChI=1S/C16H16F3N3O2/c1-2-7-22-8-11-12(14(22)23)13(21-15(24)20-11)9-5-3-4-6-10(9)16(17,18)19/h3-6,13H,2,7-8H2,1H3,(H2,20,21,24)/t13-/m1/s1. The minimum Gasteiger partial charge on any atom is -0.333 e. The molecule has 0 saturated heterocycles. The van der Waals surface area contributed by atoms with Gasteiger partial charge in [-0.1, -0.05) is 25.1 Å². The Labute approximate surface area is 136 Å². The van der Waals surface area contributed by atoms with E-state index in [1.807, 2.05) is 6.92 Å². The number of urea groups is 1. The molecule has 1 aromatic rings. The summed E-state index contributed by atoms with van der Waals surface area (Å²) in [6, 6.07) is 3.27. The van der Waals surface area contributed by atoms with Crippen molar-refractivity contribution in [1.29, 1.82) is 0 Å². The van der Waals surface area contributed by atoms with Gasteiger partial charge in [-0.25, -0.2) is 4.79 Å². The van der Waals surface area contributed by atoms with Gasteiger partial charge in [0.25, 0.3) is 5.91 Å². The zero-order valence-electron chi connectivity index (χ0n) is 12.9. The van der Waals surface area contributed by atoms with Crippen molar-refractivity contribution in [3.05, 3.63) is 46.7 Å². The number of rotatable bonds is 3. The van der Waals surface area contributed by atoms with Gasteiger partial charge in [-0.2, -0.15) is 13.2 Å². The number of nitrogens with zero attached hydrogens (tertiary/aromatic N) is 1. The predicted octanol–water partition coefficient (Wildman–Crippen LogP) is 2.57. The van der Waals surface area contributed by atoms with Gasteiger partial charge in [-0.3, -0.25) is 4.79 Å². The van der Waals surface area contributed by atoms with Gasteiger partial charge in [0.2, 0.25) is 0 Å². The second-order valence-corrected chi connectivity index (χ2v) is 5.74. The molecule has 0 spiro atoms. The van der Waals surface area contributed by atoms with Crippen LogP contribution in [-0.4, -0.2) is 29.9 Å². The molecule has 0 bridgehead atoms. The highest BCUT2D eigenvalue weighted by molar-refractivity contribution is 6.01. The summed E-state index contributed by atoms with van der Waals surface area (Å²) in [4.78, 5) is 26.0. The summed E-state index contributed by atoms with van der Waals surface area (Å²) in [5, 5.41) is 5.00. The fraction of sp³-hybridized carbons (Fsp3) is 0.375. The van der Waals surface area contributed by atoms with Crippen molar-refractivity contribution >= 4 is 11.9 Å². The van der Waals surface area contributed by atoms with Crippen LogP contribution in [-0.2, 0) is 11.0 Å². The Morgan fingerprint density at radius 1 is 1.25 bits per heavy atom. The summed E-state index contributed by atoms with van der Waals surface area (Å²) in [5.74, 6) is -0.346. The molecule has 3 rings (SSSR count). The Morgan fingerprint density at radius 3 is 2.62 bits per heavy atom. The number of amides is 3. The van der Waals surface area contributed by atoms with Crippen molar-refractivity contribution in [3.8, 4) is 0 Å². The van der Waals surface area contributed by atoms with E-state index in [-0.39, 0.29) is 23.6 Å². The lowest BCUT2D eigenvalue weighted by molar-refractivity contribution is -0.138. The molecule has 1 aromatic carbocycles. The van der Waals surface area contributed by atoms with Crippen molar-refractivity contribution in [1.82, 2.24) is 15.5 Å². The first-order valence-corrected chi connectivity index (χ1v) is 7.59. The molecule has 0 fully saturated rings. The van der Waals surface area contributed by atoms with E-state index in [9.17, 15) is 22.8 Å². The number of hydrogen-bond acceptors (Lipinski definition) is 2. The third-order valence-corrected chi connectivity index (χ3v) is 4.09. The van der Waals surface area contributed by atoms with E-state index in [1.54, 1.807) is 0 Å². The van der Waals surface area contributed by atoms with Crippen LogP contribution >= 0.6 is 0 Å². The lowest BCUT2D eigenvalue weighted by atomic mass is 9.92. The van der Waals surface area contributed by atoms with E-state index in [0.717, 1.165) is 12.5 Å². The Bertz CT molecular complexity index is 728. The van der Waals surface area contributed by atoms with Crippen LogP contribution in [0.25, 0.3) is 0 Å². The number of carbonyl (C=O) groups excluding carboxylic acids is 2. The van der Waals surface area contributed by atoms with Crippen LogP contribution in [0.4, 0.5) is 18.0 Å². The first kappa shape index (κ1) is 16.4. The average Bonchev–Trinajstić information content (AvgIpc) is 2.82. The minimum atomic E-state index is -4.57. The molecule has 2 aliphatic rings. The zero-order valence-corrected chi connectivity index (χ0v) is 12.9. The summed E-state index contributed by atoms with van der Waals surface area (Å²) in [6.45, 7) is 2.59. The zero-order chi connectivity index (χ0) is 17.5. The van der Waals surface area contributed by atoms with Crippen LogP contribution in [0.1, 0.15) is 30.5 Å². The molecule has 0 aromatic heterocycles. The smallest absolute Gasteiger partial charge is 0.333 e. The second-order valence-electron chi connectivity index (χ2n) is 5.74. The van der Waals surface area contributed by atoms with Crippen LogP contribution in [0, 0.1) is 0 Å². The molecule has 2 aliphatic heterocycles. The first-order valence-electron chi connectivity index (χ1n) is 7.59. The van der Waals surface area contributed by atoms with E-state index in [2.05, 4.69) is 10.6 Å². The summed E-state index contributed by atoms with van der Waals surface area (Å²) < 4.78 is 39.9. The van der Waals surface area contributed by atoms with Gasteiger partial charge in [-0.05, 0) is 18.1 Å². The molecule has 5 nitrogen and oxygen atoms in total. The molecule has 1 atom stereocenters. The fourth-order valence-electron chi connectivity index (χ4n) is 3.12. The number of halogens is 3. The number of nitrogens with one attached hydrogen (secondary N) is 2. The topological polar surface area (TPSA) is 61.4 Å². The minimum absolute atomic E-state index is 0.126. The largest absolute Gasteiger partial charge is 0.416 e. The van der Waals surface area contributed by atoms with Gasteiger partial charge in [-0.15, -0.1) is 0 Å². The Kier molecular flexibility index (Phi) is 3.98. The highest BCUT2D eigenvalue weighted by Gasteiger charge is 2.43. The first-order chi connectivity index (χ1) is 11.3. The van der Waals surface area contributed by atoms with Gasteiger partial charge < -0.3 is 15.5 Å². The maximum Gasteiger partial charge on any atom is 0.416 e. The normalized spacial score (nSPS) is 20.8. The average molecular weight is 339 g/mol. The SMILES string of the molecule is CCCN1CC2=C(C1=O)[C@@H](c1ccccc1C(F)(F)F)NC(=O)N2. The highest BCUT2D eigenvalue weighted by Crippen LogP contribution is 2.39.